The molecule has 9 heteroatoms. The first-order chi connectivity index (χ1) is 15.4. The highest BCUT2D eigenvalue weighted by Crippen LogP contribution is 2.29. The van der Waals surface area contributed by atoms with Crippen LogP contribution < -0.4 is 0 Å². The second-order valence-electron chi connectivity index (χ2n) is 7.48. The van der Waals surface area contributed by atoms with E-state index >= 15 is 0 Å². The number of aromatic nitrogens is 2. The first kappa shape index (κ1) is 22.5. The van der Waals surface area contributed by atoms with Gasteiger partial charge in [0.05, 0.1) is 45.8 Å². The maximum atomic E-state index is 13.1. The molecule has 1 aliphatic rings. The zero-order chi connectivity index (χ0) is 22.7. The Morgan fingerprint density at radius 1 is 1.22 bits per heavy atom. The smallest absolute Gasteiger partial charge is 0.243 e. The number of ether oxygens (including phenoxy) is 1. The highest BCUT2D eigenvalue weighted by Gasteiger charge is 2.27. The van der Waals surface area contributed by atoms with E-state index in [-0.39, 0.29) is 4.90 Å². The Morgan fingerprint density at radius 2 is 1.94 bits per heavy atom. The quantitative estimate of drug-likeness (QED) is 0.541. The molecule has 1 aromatic heterocycles. The Hall–Kier alpha value is -2.70. The van der Waals surface area contributed by atoms with Crippen molar-refractivity contribution in [3.05, 3.63) is 59.4 Å². The normalized spacial score (nSPS) is 15.7. The van der Waals surface area contributed by atoms with E-state index in [2.05, 4.69) is 18.0 Å². The minimum Gasteiger partial charge on any atom is -0.379 e. The molecule has 1 saturated heterocycles. The molecule has 32 heavy (non-hydrogen) atoms. The molecule has 0 bridgehead atoms. The Labute approximate surface area is 192 Å². The van der Waals surface area contributed by atoms with Gasteiger partial charge in [-0.1, -0.05) is 30.7 Å². The number of fused-ring (bicyclic) bond motifs is 1. The minimum absolute atomic E-state index is 0.215. The fourth-order valence-electron chi connectivity index (χ4n) is 3.70. The van der Waals surface area contributed by atoms with Crippen LogP contribution in [0.5, 0.6) is 0 Å². The number of nitriles is 1. The molecule has 2 heterocycles. The van der Waals surface area contributed by atoms with Gasteiger partial charge >= 0.3 is 0 Å². The van der Waals surface area contributed by atoms with Crippen LogP contribution in [-0.2, 0) is 21.3 Å². The number of sulfonamides is 1. The molecule has 0 amide bonds. The lowest BCUT2D eigenvalue weighted by atomic mass is 10.1. The van der Waals surface area contributed by atoms with Gasteiger partial charge in [0.25, 0.3) is 0 Å². The lowest BCUT2D eigenvalue weighted by molar-refractivity contribution is 0.0730. The molecular weight excluding hydrogens is 448 g/mol. The van der Waals surface area contributed by atoms with Crippen LogP contribution in [-0.4, -0.2) is 48.6 Å². The lowest BCUT2D eigenvalue weighted by Gasteiger charge is -2.26. The zero-order valence-corrected chi connectivity index (χ0v) is 19.2. The van der Waals surface area contributed by atoms with Crippen molar-refractivity contribution in [3.8, 4) is 6.07 Å². The molecule has 0 atom stereocenters. The first-order valence-electron chi connectivity index (χ1n) is 10.4. The van der Waals surface area contributed by atoms with Gasteiger partial charge in [-0.05, 0) is 48.4 Å². The van der Waals surface area contributed by atoms with Crippen LogP contribution in [0.15, 0.2) is 47.4 Å². The molecule has 0 saturated carbocycles. The summed E-state index contributed by atoms with van der Waals surface area (Å²) in [6.07, 6.45) is 2.66. The van der Waals surface area contributed by atoms with Gasteiger partial charge in [-0.2, -0.15) is 9.57 Å². The van der Waals surface area contributed by atoms with E-state index in [0.717, 1.165) is 17.5 Å². The average molecular weight is 471 g/mol. The summed E-state index contributed by atoms with van der Waals surface area (Å²) in [5.41, 5.74) is 2.83. The highest BCUT2D eigenvalue weighted by molar-refractivity contribution is 7.89. The average Bonchev–Trinajstić information content (AvgIpc) is 3.18. The summed E-state index contributed by atoms with van der Waals surface area (Å²) in [5.74, 6) is 0.578. The van der Waals surface area contributed by atoms with Crippen LogP contribution in [0.25, 0.3) is 22.1 Å². The van der Waals surface area contributed by atoms with Gasteiger partial charge in [0, 0.05) is 19.6 Å². The van der Waals surface area contributed by atoms with Crippen LogP contribution in [0.1, 0.15) is 30.3 Å². The van der Waals surface area contributed by atoms with E-state index in [1.807, 2.05) is 16.7 Å². The second-order valence-corrected chi connectivity index (χ2v) is 9.83. The third kappa shape index (κ3) is 4.43. The SMILES string of the molecule is CCCn1c(C(Cl)=Cc2ccc(C#N)cc2)nc2cc(S(=O)(=O)N3CCOCC3)ccc21. The molecule has 4 rings (SSSR count). The molecule has 7 nitrogen and oxygen atoms in total. The van der Waals surface area contributed by atoms with E-state index in [1.165, 1.54) is 4.31 Å². The van der Waals surface area contributed by atoms with Gasteiger partial charge in [0.1, 0.15) is 0 Å². The Balaban J connectivity index is 1.75. The third-order valence-corrected chi connectivity index (χ3v) is 7.49. The van der Waals surface area contributed by atoms with E-state index in [1.54, 1.807) is 36.4 Å². The summed E-state index contributed by atoms with van der Waals surface area (Å²) in [7, 11) is -3.61. The predicted octanol–water partition coefficient (Wildman–Crippen LogP) is 4.08. The van der Waals surface area contributed by atoms with E-state index in [0.29, 0.717) is 54.8 Å². The van der Waals surface area contributed by atoms with Crippen molar-refractivity contribution in [2.75, 3.05) is 26.3 Å². The maximum Gasteiger partial charge on any atom is 0.243 e. The van der Waals surface area contributed by atoms with Crippen molar-refractivity contribution < 1.29 is 13.2 Å². The Morgan fingerprint density at radius 3 is 2.59 bits per heavy atom. The summed E-state index contributed by atoms with van der Waals surface area (Å²) in [4.78, 5) is 4.90. The fraction of sp³-hybridized carbons (Fsp3) is 0.304. The van der Waals surface area contributed by atoms with E-state index < -0.39 is 10.0 Å². The first-order valence-corrected chi connectivity index (χ1v) is 12.2. The number of aryl methyl sites for hydroxylation is 1. The molecule has 0 spiro atoms. The predicted molar refractivity (Wildman–Crippen MR) is 124 cm³/mol. The van der Waals surface area contributed by atoms with E-state index in [4.69, 9.17) is 21.6 Å². The van der Waals surface area contributed by atoms with Crippen LogP contribution >= 0.6 is 11.6 Å². The lowest BCUT2D eigenvalue weighted by Crippen LogP contribution is -2.40. The maximum absolute atomic E-state index is 13.1. The van der Waals surface area contributed by atoms with Gasteiger partial charge < -0.3 is 9.30 Å². The summed E-state index contributed by atoms with van der Waals surface area (Å²) in [5, 5.41) is 9.41. The molecule has 0 unspecified atom stereocenters. The molecule has 0 N–H and O–H groups in total. The molecule has 1 fully saturated rings. The van der Waals surface area contributed by atoms with Gasteiger partial charge in [-0.15, -0.1) is 0 Å². The molecule has 0 aliphatic carbocycles. The standard InChI is InChI=1S/C23H23ClN4O3S/c1-2-9-28-22-8-7-19(32(29,30)27-10-12-31-13-11-27)15-21(22)26-23(28)20(24)14-17-3-5-18(16-25)6-4-17/h3-8,14-15H,2,9-13H2,1H3. The number of halogens is 1. The van der Waals surface area contributed by atoms with Gasteiger partial charge in [0.2, 0.25) is 10.0 Å². The Bertz CT molecular complexity index is 1300. The Kier molecular flexibility index (Phi) is 6.63. The molecular formula is C23H23ClN4O3S. The third-order valence-electron chi connectivity index (χ3n) is 5.32. The number of hydrogen-bond acceptors (Lipinski definition) is 5. The molecule has 2 aromatic carbocycles. The van der Waals surface area contributed by atoms with Crippen LogP contribution in [0.4, 0.5) is 0 Å². The van der Waals surface area contributed by atoms with Crippen molar-refractivity contribution in [2.45, 2.75) is 24.8 Å². The highest BCUT2D eigenvalue weighted by atomic mass is 35.5. The minimum atomic E-state index is -3.61. The topological polar surface area (TPSA) is 88.2 Å². The largest absolute Gasteiger partial charge is 0.379 e. The summed E-state index contributed by atoms with van der Waals surface area (Å²) < 4.78 is 34.8. The molecule has 166 valence electrons. The number of nitrogens with zero attached hydrogens (tertiary/aromatic N) is 4. The van der Waals surface area contributed by atoms with Crippen LogP contribution in [0.3, 0.4) is 0 Å². The van der Waals surface area contributed by atoms with Gasteiger partial charge in [0.15, 0.2) is 5.82 Å². The number of benzene rings is 2. The van der Waals surface area contributed by atoms with Crippen molar-refractivity contribution >= 4 is 43.8 Å². The number of morpholine rings is 1. The van der Waals surface area contributed by atoms with Crippen LogP contribution in [0, 0.1) is 11.3 Å². The van der Waals surface area contributed by atoms with Gasteiger partial charge in [-0.25, -0.2) is 13.4 Å². The summed E-state index contributed by atoms with van der Waals surface area (Å²) >= 11 is 6.65. The monoisotopic (exact) mass is 470 g/mol. The second kappa shape index (κ2) is 9.43. The molecule has 3 aromatic rings. The molecule has 1 aliphatic heterocycles. The van der Waals surface area contributed by atoms with Crippen molar-refractivity contribution in [2.24, 2.45) is 0 Å². The summed E-state index contributed by atoms with van der Waals surface area (Å²) in [6.45, 7) is 4.23. The van der Waals surface area contributed by atoms with Crippen molar-refractivity contribution in [1.82, 2.24) is 13.9 Å². The summed E-state index contributed by atoms with van der Waals surface area (Å²) in [6, 6.07) is 14.2. The van der Waals surface area contributed by atoms with E-state index in [9.17, 15) is 8.42 Å². The zero-order valence-electron chi connectivity index (χ0n) is 17.7. The van der Waals surface area contributed by atoms with Crippen molar-refractivity contribution in [1.29, 1.82) is 5.26 Å². The molecule has 0 radical (unpaired) electrons. The van der Waals surface area contributed by atoms with Crippen LogP contribution in [0.2, 0.25) is 0 Å². The number of hydrogen-bond donors (Lipinski definition) is 0. The number of rotatable bonds is 6. The van der Waals surface area contributed by atoms with Crippen molar-refractivity contribution in [3.63, 3.8) is 0 Å². The number of imidazole rings is 1. The fourth-order valence-corrected chi connectivity index (χ4v) is 5.40. The van der Waals surface area contributed by atoms with Gasteiger partial charge in [-0.3, -0.25) is 0 Å².